The molecule has 4 rings (SSSR count). The number of carboxylic acids is 1. The van der Waals surface area contributed by atoms with Gasteiger partial charge in [-0.25, -0.2) is 4.79 Å². The molecule has 20 heavy (non-hydrogen) atoms. The van der Waals surface area contributed by atoms with Crippen LogP contribution in [-0.2, 0) is 9.59 Å². The lowest BCUT2D eigenvalue weighted by Crippen LogP contribution is -2.57. The molecule has 5 nitrogen and oxygen atoms in total. The fourth-order valence-electron chi connectivity index (χ4n) is 4.12. The Morgan fingerprint density at radius 1 is 1.35 bits per heavy atom. The first kappa shape index (κ1) is 11.8. The highest BCUT2D eigenvalue weighted by Crippen LogP contribution is 2.47. The Bertz CT molecular complexity index is 601. The van der Waals surface area contributed by atoms with Gasteiger partial charge in [-0.3, -0.25) is 4.79 Å². The summed E-state index contributed by atoms with van der Waals surface area (Å²) in [6.07, 6.45) is 1.73. The van der Waals surface area contributed by atoms with Gasteiger partial charge >= 0.3 is 5.97 Å². The number of nitrogens with zero attached hydrogens (tertiary/aromatic N) is 1. The molecule has 2 N–H and O–H groups in total. The molecule has 0 unspecified atom stereocenters. The summed E-state index contributed by atoms with van der Waals surface area (Å²) in [5.41, 5.74) is 2.29. The van der Waals surface area contributed by atoms with Crippen LogP contribution in [0.15, 0.2) is 24.3 Å². The van der Waals surface area contributed by atoms with Crippen molar-refractivity contribution in [2.75, 3.05) is 5.32 Å². The zero-order chi connectivity index (χ0) is 13.9. The lowest BCUT2D eigenvalue weighted by atomic mass is 9.80. The number of carbonyl (C=O) groups is 2. The van der Waals surface area contributed by atoms with Gasteiger partial charge < -0.3 is 15.3 Å². The number of hydrogen-bond donors (Lipinski definition) is 2. The van der Waals surface area contributed by atoms with Crippen LogP contribution in [0, 0.1) is 0 Å². The molecule has 4 atom stereocenters. The average molecular weight is 272 g/mol. The second-order valence-electron chi connectivity index (χ2n) is 5.86. The number of amides is 1. The second kappa shape index (κ2) is 3.98. The molecule has 5 heteroatoms. The van der Waals surface area contributed by atoms with Crippen LogP contribution >= 0.6 is 0 Å². The molecule has 0 saturated carbocycles. The minimum Gasteiger partial charge on any atom is -0.480 e. The van der Waals surface area contributed by atoms with E-state index >= 15 is 0 Å². The van der Waals surface area contributed by atoms with Crippen molar-refractivity contribution < 1.29 is 14.7 Å². The quantitative estimate of drug-likeness (QED) is 0.811. The number of benzene rings is 1. The van der Waals surface area contributed by atoms with E-state index in [0.717, 1.165) is 12.1 Å². The van der Waals surface area contributed by atoms with E-state index in [0.29, 0.717) is 12.8 Å². The minimum absolute atomic E-state index is 0.00903. The number of piperidine rings is 1. The monoisotopic (exact) mass is 272 g/mol. The number of aliphatic carboxylic acids is 1. The molecule has 0 radical (unpaired) electrons. The van der Waals surface area contributed by atoms with Crippen LogP contribution < -0.4 is 5.32 Å². The topological polar surface area (TPSA) is 69.6 Å². The number of rotatable bonds is 1. The maximum absolute atomic E-state index is 12.0. The molecule has 3 aliphatic rings. The Morgan fingerprint density at radius 3 is 2.95 bits per heavy atom. The van der Waals surface area contributed by atoms with Gasteiger partial charge in [-0.05, 0) is 24.5 Å². The summed E-state index contributed by atoms with van der Waals surface area (Å²) >= 11 is 0. The predicted octanol–water partition coefficient (Wildman–Crippen LogP) is 1.41. The van der Waals surface area contributed by atoms with Crippen LogP contribution in [0.4, 0.5) is 5.69 Å². The van der Waals surface area contributed by atoms with Crippen molar-refractivity contribution in [3.8, 4) is 0 Å². The van der Waals surface area contributed by atoms with Crippen molar-refractivity contribution in [1.29, 1.82) is 0 Å². The Balaban J connectivity index is 1.76. The highest BCUT2D eigenvalue weighted by Gasteiger charge is 2.53. The maximum atomic E-state index is 12.0. The number of hydrogen-bond acceptors (Lipinski definition) is 3. The minimum atomic E-state index is -0.881. The smallest absolute Gasteiger partial charge is 0.326 e. The summed E-state index contributed by atoms with van der Waals surface area (Å²) in [7, 11) is 0. The average Bonchev–Trinajstić information content (AvgIpc) is 2.99. The zero-order valence-corrected chi connectivity index (χ0v) is 11.0. The van der Waals surface area contributed by atoms with Crippen LogP contribution in [0.1, 0.15) is 30.7 Å². The molecule has 0 spiro atoms. The number of para-hydroxylation sites is 1. The van der Waals surface area contributed by atoms with Crippen molar-refractivity contribution in [2.45, 2.75) is 43.3 Å². The van der Waals surface area contributed by atoms with Crippen molar-refractivity contribution in [1.82, 2.24) is 4.90 Å². The first-order valence-electron chi connectivity index (χ1n) is 7.06. The Kier molecular flexibility index (Phi) is 2.34. The zero-order valence-electron chi connectivity index (χ0n) is 11.0. The third-order valence-corrected chi connectivity index (χ3v) is 4.93. The number of carboxylic acid groups (broad SMARTS) is 1. The highest BCUT2D eigenvalue weighted by molar-refractivity contribution is 5.86. The summed E-state index contributed by atoms with van der Waals surface area (Å²) < 4.78 is 0. The van der Waals surface area contributed by atoms with Crippen LogP contribution in [0.25, 0.3) is 0 Å². The van der Waals surface area contributed by atoms with Gasteiger partial charge in [-0.1, -0.05) is 18.2 Å². The van der Waals surface area contributed by atoms with E-state index in [1.165, 1.54) is 5.56 Å². The third-order valence-electron chi connectivity index (χ3n) is 4.93. The predicted molar refractivity (Wildman–Crippen MR) is 72.5 cm³/mol. The van der Waals surface area contributed by atoms with E-state index in [4.69, 9.17) is 0 Å². The Labute approximate surface area is 116 Å². The molecule has 0 aliphatic carbocycles. The molecule has 1 aromatic rings. The summed E-state index contributed by atoms with van der Waals surface area (Å²) in [6.45, 7) is 0. The highest BCUT2D eigenvalue weighted by atomic mass is 16.4. The van der Waals surface area contributed by atoms with Crippen LogP contribution in [0.3, 0.4) is 0 Å². The number of nitrogens with one attached hydrogen (secondary N) is 1. The number of fused-ring (bicyclic) bond motifs is 5. The van der Waals surface area contributed by atoms with E-state index in [-0.39, 0.29) is 23.9 Å². The van der Waals surface area contributed by atoms with Crippen molar-refractivity contribution in [3.05, 3.63) is 29.8 Å². The van der Waals surface area contributed by atoms with Crippen molar-refractivity contribution in [3.63, 3.8) is 0 Å². The van der Waals surface area contributed by atoms with E-state index in [1.807, 2.05) is 18.2 Å². The number of carbonyl (C=O) groups excluding carboxylic acids is 1. The van der Waals surface area contributed by atoms with Gasteiger partial charge in [0, 0.05) is 18.0 Å². The first-order chi connectivity index (χ1) is 9.66. The van der Waals surface area contributed by atoms with Gasteiger partial charge in [0.05, 0.1) is 12.1 Å². The molecule has 0 bridgehead atoms. The fourth-order valence-corrected chi connectivity index (χ4v) is 4.12. The lowest BCUT2D eigenvalue weighted by Gasteiger charge is -2.42. The normalized spacial score (nSPS) is 34.2. The Hall–Kier alpha value is -2.04. The molecule has 1 amide bonds. The van der Waals surface area contributed by atoms with Gasteiger partial charge in [0.2, 0.25) is 5.91 Å². The van der Waals surface area contributed by atoms with Gasteiger partial charge in [0.15, 0.2) is 0 Å². The molecule has 104 valence electrons. The first-order valence-corrected chi connectivity index (χ1v) is 7.06. The summed E-state index contributed by atoms with van der Waals surface area (Å²) in [5.74, 6) is -0.703. The van der Waals surface area contributed by atoms with Gasteiger partial charge in [0.1, 0.15) is 6.04 Å². The summed E-state index contributed by atoms with van der Waals surface area (Å²) in [6, 6.07) is 7.57. The molecule has 3 heterocycles. The molecule has 3 aliphatic heterocycles. The van der Waals surface area contributed by atoms with Gasteiger partial charge in [0.25, 0.3) is 0 Å². The number of anilines is 1. The van der Waals surface area contributed by atoms with Crippen molar-refractivity contribution >= 4 is 17.6 Å². The van der Waals surface area contributed by atoms with E-state index in [1.54, 1.807) is 4.90 Å². The van der Waals surface area contributed by atoms with E-state index in [9.17, 15) is 14.7 Å². The molecular formula is C15H16N2O3. The van der Waals surface area contributed by atoms with Crippen LogP contribution in [-0.4, -0.2) is 40.0 Å². The summed E-state index contributed by atoms with van der Waals surface area (Å²) in [4.78, 5) is 25.2. The van der Waals surface area contributed by atoms with E-state index < -0.39 is 12.0 Å². The molecule has 2 fully saturated rings. The third kappa shape index (κ3) is 1.43. The van der Waals surface area contributed by atoms with Gasteiger partial charge in [-0.15, -0.1) is 0 Å². The molecule has 2 saturated heterocycles. The largest absolute Gasteiger partial charge is 0.480 e. The molecule has 1 aromatic carbocycles. The fraction of sp³-hybridized carbons (Fsp3) is 0.467. The van der Waals surface area contributed by atoms with Crippen molar-refractivity contribution in [2.24, 2.45) is 0 Å². The van der Waals surface area contributed by atoms with E-state index in [2.05, 4.69) is 11.4 Å². The summed E-state index contributed by atoms with van der Waals surface area (Å²) in [5, 5.41) is 13.0. The second-order valence-corrected chi connectivity index (χ2v) is 5.86. The van der Waals surface area contributed by atoms with Crippen LogP contribution in [0.5, 0.6) is 0 Å². The SMILES string of the molecule is O=C(O)[C@H]1C[C@@H]2c3ccccc3N[C@H]2[C@H]2CCC(=O)N12. The van der Waals surface area contributed by atoms with Gasteiger partial charge in [-0.2, -0.15) is 0 Å². The lowest BCUT2D eigenvalue weighted by molar-refractivity contribution is -0.152. The maximum Gasteiger partial charge on any atom is 0.326 e. The Morgan fingerprint density at radius 2 is 2.15 bits per heavy atom. The molecule has 0 aromatic heterocycles. The molecular weight excluding hydrogens is 256 g/mol. The van der Waals surface area contributed by atoms with Crippen LogP contribution in [0.2, 0.25) is 0 Å². The standard InChI is InChI=1S/C15H16N2O3/c18-13-6-5-11-14-9(7-12(15(19)20)17(11)13)8-3-1-2-4-10(8)16-14/h1-4,9,11-12,14,16H,5-7H2,(H,19,20)/t9-,11-,12-,14-/m1/s1.